The van der Waals surface area contributed by atoms with Gasteiger partial charge in [0.2, 0.25) is 5.91 Å². The standard InChI is InChI=1S/C25H36N2O2Si/c1-18-23(17-29-30(6,7)25(3,4)5)27(19(2)28)22-16-12-11-15-21(22)24(18)26-20-13-9-8-10-14-20/h8-16,18,23-24,26H,17H2,1-7H3/t18-,23-,24+/m0/s1. The average Bonchev–Trinajstić information content (AvgIpc) is 2.68. The van der Waals surface area contributed by atoms with E-state index in [1.807, 2.05) is 29.2 Å². The van der Waals surface area contributed by atoms with Crippen LogP contribution < -0.4 is 10.2 Å². The van der Waals surface area contributed by atoms with Gasteiger partial charge in [0.05, 0.1) is 18.7 Å². The lowest BCUT2D eigenvalue weighted by molar-refractivity contribution is -0.117. The zero-order chi connectivity index (χ0) is 22.1. The maximum atomic E-state index is 12.8. The number of rotatable bonds is 5. The summed E-state index contributed by atoms with van der Waals surface area (Å²) in [4.78, 5) is 14.7. The predicted octanol–water partition coefficient (Wildman–Crippen LogP) is 6.23. The van der Waals surface area contributed by atoms with E-state index in [4.69, 9.17) is 4.43 Å². The summed E-state index contributed by atoms with van der Waals surface area (Å²) in [5.74, 6) is 0.255. The molecule has 1 N–H and O–H groups in total. The van der Waals surface area contributed by atoms with Crippen molar-refractivity contribution < 1.29 is 9.22 Å². The Hall–Kier alpha value is -2.11. The molecule has 30 heavy (non-hydrogen) atoms. The van der Waals surface area contributed by atoms with Crippen molar-refractivity contribution in [1.82, 2.24) is 0 Å². The van der Waals surface area contributed by atoms with Gasteiger partial charge in [-0.2, -0.15) is 0 Å². The van der Waals surface area contributed by atoms with Gasteiger partial charge in [0.25, 0.3) is 0 Å². The number of fused-ring (bicyclic) bond motifs is 1. The molecule has 3 atom stereocenters. The second-order valence-corrected chi connectivity index (χ2v) is 14.7. The first kappa shape index (κ1) is 22.6. The fourth-order valence-corrected chi connectivity index (χ4v) is 4.97. The summed E-state index contributed by atoms with van der Waals surface area (Å²) in [5, 5.41) is 3.85. The van der Waals surface area contributed by atoms with Crippen LogP contribution in [0.25, 0.3) is 0 Å². The van der Waals surface area contributed by atoms with E-state index in [9.17, 15) is 4.79 Å². The van der Waals surface area contributed by atoms with Crippen LogP contribution in [0.15, 0.2) is 54.6 Å². The first-order valence-corrected chi connectivity index (χ1v) is 13.8. The van der Waals surface area contributed by atoms with Crippen molar-refractivity contribution in [3.63, 3.8) is 0 Å². The summed E-state index contributed by atoms with van der Waals surface area (Å²) in [7, 11) is -1.93. The minimum Gasteiger partial charge on any atom is -0.415 e. The van der Waals surface area contributed by atoms with Crippen LogP contribution in [0, 0.1) is 5.92 Å². The fourth-order valence-electron chi connectivity index (χ4n) is 3.95. The molecule has 2 aromatic carbocycles. The third kappa shape index (κ3) is 4.47. The number of para-hydroxylation sites is 2. The second kappa shape index (κ2) is 8.56. The molecule has 1 aliphatic heterocycles. The smallest absolute Gasteiger partial charge is 0.224 e. The van der Waals surface area contributed by atoms with E-state index in [2.05, 4.69) is 76.4 Å². The van der Waals surface area contributed by atoms with Crippen LogP contribution >= 0.6 is 0 Å². The van der Waals surface area contributed by atoms with Crippen molar-refractivity contribution in [1.29, 1.82) is 0 Å². The predicted molar refractivity (Wildman–Crippen MR) is 129 cm³/mol. The maximum Gasteiger partial charge on any atom is 0.224 e. The van der Waals surface area contributed by atoms with Crippen LogP contribution in [0.4, 0.5) is 11.4 Å². The number of nitrogens with zero attached hydrogens (tertiary/aromatic N) is 1. The van der Waals surface area contributed by atoms with Crippen LogP contribution in [0.2, 0.25) is 18.1 Å². The lowest BCUT2D eigenvalue weighted by Crippen LogP contribution is -2.54. The summed E-state index contributed by atoms with van der Waals surface area (Å²) >= 11 is 0. The molecule has 0 aromatic heterocycles. The minimum absolute atomic E-state index is 0.0206. The largest absolute Gasteiger partial charge is 0.415 e. The van der Waals surface area contributed by atoms with Crippen molar-refractivity contribution in [3.8, 4) is 0 Å². The van der Waals surface area contributed by atoms with Gasteiger partial charge in [-0.05, 0) is 41.9 Å². The molecule has 0 unspecified atom stereocenters. The summed E-state index contributed by atoms with van der Waals surface area (Å²) < 4.78 is 6.62. The van der Waals surface area contributed by atoms with Gasteiger partial charge in [-0.3, -0.25) is 4.79 Å². The second-order valence-electron chi connectivity index (χ2n) is 9.93. The number of hydrogen-bond donors (Lipinski definition) is 1. The fraction of sp³-hybridized carbons (Fsp3) is 0.480. The third-order valence-electron chi connectivity index (χ3n) is 6.85. The minimum atomic E-state index is -1.93. The normalized spacial score (nSPS) is 21.8. The topological polar surface area (TPSA) is 41.6 Å². The molecule has 5 heteroatoms. The van der Waals surface area contributed by atoms with Crippen molar-refractivity contribution >= 4 is 25.6 Å². The van der Waals surface area contributed by atoms with E-state index >= 15 is 0 Å². The van der Waals surface area contributed by atoms with Gasteiger partial charge >= 0.3 is 0 Å². The highest BCUT2D eigenvalue weighted by atomic mass is 28.4. The Labute approximate surface area is 182 Å². The maximum absolute atomic E-state index is 12.8. The molecule has 0 saturated carbocycles. The first-order valence-electron chi connectivity index (χ1n) is 10.9. The molecule has 0 bridgehead atoms. The molecule has 0 spiro atoms. The van der Waals surface area contributed by atoms with Crippen LogP contribution in [-0.4, -0.2) is 26.9 Å². The Bertz CT molecular complexity index is 876. The Balaban J connectivity index is 1.98. The van der Waals surface area contributed by atoms with Gasteiger partial charge in [0.1, 0.15) is 0 Å². The molecule has 4 nitrogen and oxygen atoms in total. The van der Waals surface area contributed by atoms with Gasteiger partial charge in [0.15, 0.2) is 8.32 Å². The van der Waals surface area contributed by atoms with Gasteiger partial charge in [0, 0.05) is 24.2 Å². The van der Waals surface area contributed by atoms with E-state index in [0.29, 0.717) is 6.61 Å². The van der Waals surface area contributed by atoms with Crippen LogP contribution in [0.1, 0.15) is 46.2 Å². The molecule has 2 aromatic rings. The molecule has 0 saturated heterocycles. The van der Waals surface area contributed by atoms with Crippen molar-refractivity contribution in [2.45, 2.75) is 64.8 Å². The summed E-state index contributed by atoms with van der Waals surface area (Å²) in [6.07, 6.45) is 0. The lowest BCUT2D eigenvalue weighted by atomic mass is 9.82. The third-order valence-corrected chi connectivity index (χ3v) is 11.4. The number of carbonyl (C=O) groups is 1. The number of hydrogen-bond acceptors (Lipinski definition) is 3. The number of amides is 1. The van der Waals surface area contributed by atoms with Gasteiger partial charge < -0.3 is 14.6 Å². The number of anilines is 2. The molecule has 1 amide bonds. The number of carbonyl (C=O) groups excluding carboxylic acids is 1. The highest BCUT2D eigenvalue weighted by Gasteiger charge is 2.43. The highest BCUT2D eigenvalue weighted by Crippen LogP contribution is 2.44. The molecule has 0 aliphatic carbocycles. The van der Waals surface area contributed by atoms with Crippen molar-refractivity contribution in [2.24, 2.45) is 5.92 Å². The molecule has 1 heterocycles. The van der Waals surface area contributed by atoms with Crippen LogP contribution in [-0.2, 0) is 9.22 Å². The Morgan fingerprint density at radius 2 is 1.67 bits per heavy atom. The van der Waals surface area contributed by atoms with E-state index in [0.717, 1.165) is 16.9 Å². The Morgan fingerprint density at radius 3 is 2.27 bits per heavy atom. The molecule has 0 fully saturated rings. The Morgan fingerprint density at radius 1 is 1.07 bits per heavy atom. The van der Waals surface area contributed by atoms with Crippen LogP contribution in [0.5, 0.6) is 0 Å². The molecule has 3 rings (SSSR count). The van der Waals surface area contributed by atoms with E-state index in [1.165, 1.54) is 0 Å². The Kier molecular flexibility index (Phi) is 6.44. The summed E-state index contributed by atoms with van der Waals surface area (Å²) in [6, 6.07) is 18.6. The first-order chi connectivity index (χ1) is 14.0. The molecule has 1 aliphatic rings. The van der Waals surface area contributed by atoms with E-state index in [-0.39, 0.29) is 28.9 Å². The van der Waals surface area contributed by atoms with Crippen molar-refractivity contribution in [2.75, 3.05) is 16.8 Å². The van der Waals surface area contributed by atoms with Crippen LogP contribution in [0.3, 0.4) is 0 Å². The average molecular weight is 425 g/mol. The highest BCUT2D eigenvalue weighted by molar-refractivity contribution is 6.74. The molecule has 162 valence electrons. The summed E-state index contributed by atoms with van der Waals surface area (Å²) in [6.45, 7) is 15.7. The van der Waals surface area contributed by atoms with E-state index in [1.54, 1.807) is 6.92 Å². The van der Waals surface area contributed by atoms with Crippen molar-refractivity contribution in [3.05, 3.63) is 60.2 Å². The quantitative estimate of drug-likeness (QED) is 0.578. The zero-order valence-electron chi connectivity index (χ0n) is 19.4. The zero-order valence-corrected chi connectivity index (χ0v) is 20.4. The molecule has 0 radical (unpaired) electrons. The van der Waals surface area contributed by atoms with Gasteiger partial charge in [-0.15, -0.1) is 0 Å². The SMILES string of the molecule is CC(=O)N1c2ccccc2[C@H](Nc2ccccc2)[C@@H](C)[C@@H]1CO[Si](C)(C)C(C)(C)C. The number of nitrogens with one attached hydrogen (secondary N) is 1. The molecular formula is C25H36N2O2Si. The molecular weight excluding hydrogens is 388 g/mol. The van der Waals surface area contributed by atoms with Gasteiger partial charge in [-0.1, -0.05) is 64.1 Å². The monoisotopic (exact) mass is 424 g/mol. The number of benzene rings is 2. The summed E-state index contributed by atoms with van der Waals surface area (Å²) in [5.41, 5.74) is 3.23. The lowest BCUT2D eigenvalue weighted by Gasteiger charge is -2.47. The van der Waals surface area contributed by atoms with E-state index < -0.39 is 8.32 Å². The van der Waals surface area contributed by atoms with Gasteiger partial charge in [-0.25, -0.2) is 0 Å².